The lowest BCUT2D eigenvalue weighted by Crippen LogP contribution is -2.23. The molecule has 6 nitrogen and oxygen atoms in total. The molecule has 0 fully saturated rings. The third-order valence-electron chi connectivity index (χ3n) is 3.96. The van der Waals surface area contributed by atoms with Crippen molar-refractivity contribution in [2.24, 2.45) is 0 Å². The van der Waals surface area contributed by atoms with Crippen molar-refractivity contribution in [1.82, 2.24) is 15.2 Å². The molecule has 1 aromatic heterocycles. The van der Waals surface area contributed by atoms with Gasteiger partial charge in [-0.05, 0) is 38.5 Å². The summed E-state index contributed by atoms with van der Waals surface area (Å²) in [5, 5.41) is 11.5. The first-order valence-corrected chi connectivity index (χ1v) is 9.17. The Balaban J connectivity index is 1.79. The Labute approximate surface area is 160 Å². The molecule has 0 aliphatic carbocycles. The summed E-state index contributed by atoms with van der Waals surface area (Å²) in [7, 11) is 0. The van der Waals surface area contributed by atoms with Gasteiger partial charge in [0.15, 0.2) is 5.82 Å². The quantitative estimate of drug-likeness (QED) is 0.639. The van der Waals surface area contributed by atoms with Crippen molar-refractivity contribution >= 4 is 17.5 Å². The van der Waals surface area contributed by atoms with E-state index in [1.807, 2.05) is 56.3 Å². The van der Waals surface area contributed by atoms with Gasteiger partial charge in [-0.1, -0.05) is 42.5 Å². The average Bonchev–Trinajstić information content (AvgIpc) is 2.68. The molecule has 0 amide bonds. The smallest absolute Gasteiger partial charge is 0.249 e. The van der Waals surface area contributed by atoms with Crippen LogP contribution < -0.4 is 15.0 Å². The molecule has 1 N–H and O–H groups in total. The molecule has 0 spiro atoms. The van der Waals surface area contributed by atoms with E-state index in [1.54, 1.807) is 6.20 Å². The van der Waals surface area contributed by atoms with E-state index in [0.29, 0.717) is 5.95 Å². The molecule has 0 unspecified atom stereocenters. The van der Waals surface area contributed by atoms with Crippen molar-refractivity contribution in [2.45, 2.75) is 33.4 Å². The lowest BCUT2D eigenvalue weighted by atomic mass is 10.2. The van der Waals surface area contributed by atoms with Gasteiger partial charge in [0, 0.05) is 13.1 Å². The number of nitrogens with zero attached hydrogens (tertiary/aromatic N) is 4. The maximum absolute atomic E-state index is 5.85. The molecule has 27 heavy (non-hydrogen) atoms. The minimum absolute atomic E-state index is 0.0831. The molecular formula is C21H25N5O. The molecule has 3 aromatic rings. The Kier molecular flexibility index (Phi) is 6.20. The molecule has 0 radical (unpaired) electrons. The van der Waals surface area contributed by atoms with Crippen molar-refractivity contribution in [1.29, 1.82) is 0 Å². The number of ether oxygens (including phenoxy) is 1. The molecule has 0 atom stereocenters. The largest absolute Gasteiger partial charge is 0.489 e. The van der Waals surface area contributed by atoms with Crippen LogP contribution in [0.25, 0.3) is 0 Å². The van der Waals surface area contributed by atoms with E-state index in [2.05, 4.69) is 44.5 Å². The summed E-state index contributed by atoms with van der Waals surface area (Å²) in [6.45, 7) is 7.68. The summed E-state index contributed by atoms with van der Waals surface area (Å²) in [6, 6.07) is 18.1. The molecule has 0 aliphatic rings. The molecule has 6 heteroatoms. The highest BCUT2D eigenvalue weighted by molar-refractivity contribution is 5.62. The topological polar surface area (TPSA) is 63.2 Å². The van der Waals surface area contributed by atoms with Crippen LogP contribution in [0.5, 0.6) is 5.75 Å². The van der Waals surface area contributed by atoms with Crippen LogP contribution in [0.4, 0.5) is 17.5 Å². The predicted molar refractivity (Wildman–Crippen MR) is 108 cm³/mol. The number of hydrogen-bond acceptors (Lipinski definition) is 6. The number of para-hydroxylation sites is 2. The summed E-state index contributed by atoms with van der Waals surface area (Å²) >= 11 is 0. The highest BCUT2D eigenvalue weighted by atomic mass is 16.5. The Hall–Kier alpha value is -3.15. The fourth-order valence-electron chi connectivity index (χ4n) is 2.71. The first-order valence-electron chi connectivity index (χ1n) is 9.17. The maximum Gasteiger partial charge on any atom is 0.249 e. The van der Waals surface area contributed by atoms with E-state index in [1.165, 1.54) is 5.56 Å². The van der Waals surface area contributed by atoms with Gasteiger partial charge in [-0.25, -0.2) is 0 Å². The van der Waals surface area contributed by atoms with E-state index in [0.717, 1.165) is 30.3 Å². The highest BCUT2D eigenvalue weighted by Gasteiger charge is 2.11. The molecule has 2 aromatic carbocycles. The molecule has 0 saturated carbocycles. The average molecular weight is 363 g/mol. The number of anilines is 3. The molecule has 0 saturated heterocycles. The Morgan fingerprint density at radius 3 is 2.52 bits per heavy atom. The van der Waals surface area contributed by atoms with Gasteiger partial charge in [-0.3, -0.25) is 0 Å². The van der Waals surface area contributed by atoms with Crippen LogP contribution in [-0.2, 0) is 6.54 Å². The minimum Gasteiger partial charge on any atom is -0.489 e. The van der Waals surface area contributed by atoms with Crippen molar-refractivity contribution in [2.75, 3.05) is 16.8 Å². The van der Waals surface area contributed by atoms with Crippen LogP contribution in [0.3, 0.4) is 0 Å². The standard InChI is InChI=1S/C21H25N5O/c1-4-26(15-17-10-6-5-7-11-17)20-14-22-25-21(24-20)23-18-12-8-9-13-19(18)27-16(2)3/h5-14,16H,4,15H2,1-3H3,(H,23,24,25). The van der Waals surface area contributed by atoms with Crippen molar-refractivity contribution in [3.63, 3.8) is 0 Å². The molecule has 0 aliphatic heterocycles. The molecule has 140 valence electrons. The zero-order valence-electron chi connectivity index (χ0n) is 16.0. The number of rotatable bonds is 8. The second-order valence-electron chi connectivity index (χ2n) is 6.43. The van der Waals surface area contributed by atoms with Gasteiger partial charge in [-0.15, -0.1) is 5.10 Å². The number of aromatic nitrogens is 3. The van der Waals surface area contributed by atoms with Gasteiger partial charge in [0.2, 0.25) is 5.95 Å². The second-order valence-corrected chi connectivity index (χ2v) is 6.43. The SMILES string of the molecule is CCN(Cc1ccccc1)c1cnnc(Nc2ccccc2OC(C)C)n1. The van der Waals surface area contributed by atoms with Gasteiger partial charge in [0.05, 0.1) is 18.0 Å². The van der Waals surface area contributed by atoms with Crippen molar-refractivity contribution in [3.05, 3.63) is 66.4 Å². The van der Waals surface area contributed by atoms with Crippen LogP contribution >= 0.6 is 0 Å². The van der Waals surface area contributed by atoms with Crippen LogP contribution in [-0.4, -0.2) is 27.8 Å². The van der Waals surface area contributed by atoms with Crippen LogP contribution in [0.15, 0.2) is 60.8 Å². The summed E-state index contributed by atoms with van der Waals surface area (Å²) in [6.07, 6.45) is 1.77. The summed E-state index contributed by atoms with van der Waals surface area (Å²) in [4.78, 5) is 6.80. The fourth-order valence-corrected chi connectivity index (χ4v) is 2.71. The number of nitrogens with one attached hydrogen (secondary N) is 1. The maximum atomic E-state index is 5.85. The van der Waals surface area contributed by atoms with Crippen LogP contribution in [0.1, 0.15) is 26.3 Å². The zero-order valence-corrected chi connectivity index (χ0v) is 16.0. The third-order valence-corrected chi connectivity index (χ3v) is 3.96. The second kappa shape index (κ2) is 8.98. The molecule has 1 heterocycles. The highest BCUT2D eigenvalue weighted by Crippen LogP contribution is 2.27. The van der Waals surface area contributed by atoms with E-state index in [4.69, 9.17) is 4.74 Å². The first-order chi connectivity index (χ1) is 13.2. The van der Waals surface area contributed by atoms with E-state index >= 15 is 0 Å². The number of benzene rings is 2. The summed E-state index contributed by atoms with van der Waals surface area (Å²) in [5.74, 6) is 1.98. The van der Waals surface area contributed by atoms with E-state index in [-0.39, 0.29) is 6.10 Å². The Bertz CT molecular complexity index is 854. The lowest BCUT2D eigenvalue weighted by Gasteiger charge is -2.22. The molecule has 0 bridgehead atoms. The lowest BCUT2D eigenvalue weighted by molar-refractivity contribution is 0.244. The third kappa shape index (κ3) is 5.17. The predicted octanol–water partition coefficient (Wildman–Crippen LogP) is 4.43. The zero-order chi connectivity index (χ0) is 19.1. The van der Waals surface area contributed by atoms with Crippen molar-refractivity contribution in [3.8, 4) is 5.75 Å². The minimum atomic E-state index is 0.0831. The van der Waals surface area contributed by atoms with Crippen LogP contribution in [0.2, 0.25) is 0 Å². The monoisotopic (exact) mass is 363 g/mol. The normalized spacial score (nSPS) is 10.7. The van der Waals surface area contributed by atoms with Gasteiger partial charge in [0.25, 0.3) is 0 Å². The summed E-state index contributed by atoms with van der Waals surface area (Å²) < 4.78 is 5.85. The van der Waals surface area contributed by atoms with Gasteiger partial charge in [0.1, 0.15) is 5.75 Å². The van der Waals surface area contributed by atoms with Gasteiger partial charge in [-0.2, -0.15) is 10.1 Å². The first kappa shape index (κ1) is 18.6. The van der Waals surface area contributed by atoms with Crippen LogP contribution in [0, 0.1) is 0 Å². The van der Waals surface area contributed by atoms with E-state index in [9.17, 15) is 0 Å². The van der Waals surface area contributed by atoms with Gasteiger partial charge >= 0.3 is 0 Å². The van der Waals surface area contributed by atoms with Crippen molar-refractivity contribution < 1.29 is 4.74 Å². The van der Waals surface area contributed by atoms with E-state index < -0.39 is 0 Å². The Morgan fingerprint density at radius 1 is 1.04 bits per heavy atom. The number of hydrogen-bond donors (Lipinski definition) is 1. The fraction of sp³-hybridized carbons (Fsp3) is 0.286. The Morgan fingerprint density at radius 2 is 1.78 bits per heavy atom. The summed E-state index contributed by atoms with van der Waals surface area (Å²) in [5.41, 5.74) is 2.04. The molecular weight excluding hydrogens is 338 g/mol. The molecule has 3 rings (SSSR count). The van der Waals surface area contributed by atoms with Gasteiger partial charge < -0.3 is 15.0 Å².